The molecule has 2 N–H and O–H groups in total. The number of para-hydroxylation sites is 2. The summed E-state index contributed by atoms with van der Waals surface area (Å²) in [6.07, 6.45) is 6.45. The predicted octanol–water partition coefficient (Wildman–Crippen LogP) is 17.5. The third-order valence-electron chi connectivity index (χ3n) is 13.4. The van der Waals surface area contributed by atoms with Gasteiger partial charge < -0.3 is 14.9 Å². The van der Waals surface area contributed by atoms with Crippen molar-refractivity contribution in [3.63, 3.8) is 0 Å². The van der Waals surface area contributed by atoms with Gasteiger partial charge in [0.15, 0.2) is 0 Å². The lowest BCUT2D eigenvalue weighted by molar-refractivity contribution is 1.18. The molecule has 3 heteroatoms. The highest BCUT2D eigenvalue weighted by atomic mass is 15.0. The van der Waals surface area contributed by atoms with Crippen LogP contribution in [-0.4, -0.2) is 9.13 Å². The second-order valence-electron chi connectivity index (χ2n) is 17.1. The fourth-order valence-electron chi connectivity index (χ4n) is 10.4. The Hall–Kier alpha value is -8.66. The van der Waals surface area contributed by atoms with E-state index < -0.39 is 0 Å². The third kappa shape index (κ3) is 6.99. The fraction of sp³-hybridized carbons (Fsp3) is 0.0462. The molecule has 0 saturated heterocycles. The van der Waals surface area contributed by atoms with Crippen molar-refractivity contribution in [3.8, 4) is 33.6 Å². The molecule has 0 saturated carbocycles. The molecular formula is C65H51N3. The number of anilines is 1. The van der Waals surface area contributed by atoms with E-state index in [0.717, 1.165) is 23.4 Å². The van der Waals surface area contributed by atoms with Gasteiger partial charge in [-0.3, -0.25) is 0 Å². The van der Waals surface area contributed by atoms with Crippen molar-refractivity contribution in [1.82, 2.24) is 9.13 Å². The molecular weight excluding hydrogens is 823 g/mol. The summed E-state index contributed by atoms with van der Waals surface area (Å²) >= 11 is 0. The summed E-state index contributed by atoms with van der Waals surface area (Å²) in [5.41, 5.74) is 24.4. The lowest BCUT2D eigenvalue weighted by Crippen LogP contribution is -1.94. The molecule has 1 aliphatic carbocycles. The molecule has 68 heavy (non-hydrogen) atoms. The van der Waals surface area contributed by atoms with Crippen LogP contribution < -0.4 is 5.73 Å². The second-order valence-corrected chi connectivity index (χ2v) is 17.1. The van der Waals surface area contributed by atoms with E-state index in [9.17, 15) is 0 Å². The molecule has 2 aromatic heterocycles. The van der Waals surface area contributed by atoms with E-state index in [2.05, 4.69) is 229 Å². The number of allylic oxidation sites excluding steroid dienone is 3. The Morgan fingerprint density at radius 2 is 1.03 bits per heavy atom. The largest absolute Gasteiger partial charge is 0.398 e. The van der Waals surface area contributed by atoms with Gasteiger partial charge in [0.2, 0.25) is 0 Å². The number of hydrogen-bond donors (Lipinski definition) is 1. The molecule has 326 valence electrons. The van der Waals surface area contributed by atoms with Crippen LogP contribution in [0.5, 0.6) is 0 Å². The SMILES string of the molecule is C=CC=C.CC.Nc1cccc2c1/C(=C\Cc1ccc3cc(-n4c5ccccc5c5cc(-c6ccc7c(c6)c6ccc8ccccc8c6n7-c6ccccc6)ccc54)ccc3c1)c1ccccc1-2. The van der Waals surface area contributed by atoms with Gasteiger partial charge in [-0.1, -0.05) is 191 Å². The normalized spacial score (nSPS) is 12.2. The van der Waals surface area contributed by atoms with E-state index in [1.165, 1.54) is 110 Å². The Bertz CT molecular complexity index is 3950. The second kappa shape index (κ2) is 17.6. The first-order valence-electron chi connectivity index (χ1n) is 23.6. The third-order valence-corrected chi connectivity index (χ3v) is 13.4. The maximum atomic E-state index is 6.57. The smallest absolute Gasteiger partial charge is 0.0619 e. The van der Waals surface area contributed by atoms with Crippen molar-refractivity contribution >= 4 is 76.4 Å². The van der Waals surface area contributed by atoms with Crippen molar-refractivity contribution in [1.29, 1.82) is 0 Å². The van der Waals surface area contributed by atoms with E-state index >= 15 is 0 Å². The van der Waals surface area contributed by atoms with Crippen molar-refractivity contribution in [2.45, 2.75) is 20.3 Å². The number of nitrogens with two attached hydrogens (primary N) is 1. The number of aromatic nitrogens is 2. The topological polar surface area (TPSA) is 35.9 Å². The average Bonchev–Trinajstić information content (AvgIpc) is 4.04. The zero-order chi connectivity index (χ0) is 46.3. The lowest BCUT2D eigenvalue weighted by Gasteiger charge is -2.11. The molecule has 0 spiro atoms. The monoisotopic (exact) mass is 873 g/mol. The van der Waals surface area contributed by atoms with Gasteiger partial charge in [0.1, 0.15) is 0 Å². The van der Waals surface area contributed by atoms with Crippen LogP contribution in [0, 0.1) is 0 Å². The van der Waals surface area contributed by atoms with Crippen LogP contribution in [0.15, 0.2) is 238 Å². The van der Waals surface area contributed by atoms with Gasteiger partial charge in [-0.05, 0) is 122 Å². The summed E-state index contributed by atoms with van der Waals surface area (Å²) in [4.78, 5) is 0. The molecule has 1 aliphatic rings. The van der Waals surface area contributed by atoms with Crippen molar-refractivity contribution < 1.29 is 0 Å². The first-order chi connectivity index (χ1) is 33.6. The number of hydrogen-bond acceptors (Lipinski definition) is 1. The summed E-state index contributed by atoms with van der Waals surface area (Å²) in [5, 5.41) is 9.97. The van der Waals surface area contributed by atoms with Gasteiger partial charge in [0.05, 0.1) is 22.1 Å². The molecule has 10 aromatic carbocycles. The first kappa shape index (κ1) is 42.0. The van der Waals surface area contributed by atoms with Crippen LogP contribution in [0.25, 0.3) is 104 Å². The molecule has 0 amide bonds. The van der Waals surface area contributed by atoms with Gasteiger partial charge in [-0.15, -0.1) is 0 Å². The van der Waals surface area contributed by atoms with Crippen LogP contribution in [0.4, 0.5) is 5.69 Å². The fourth-order valence-corrected chi connectivity index (χ4v) is 10.4. The summed E-state index contributed by atoms with van der Waals surface area (Å²) < 4.78 is 4.86. The maximum Gasteiger partial charge on any atom is 0.0619 e. The van der Waals surface area contributed by atoms with Gasteiger partial charge in [0, 0.05) is 49.6 Å². The van der Waals surface area contributed by atoms with Crippen LogP contribution in [0.2, 0.25) is 0 Å². The lowest BCUT2D eigenvalue weighted by atomic mass is 9.98. The predicted molar refractivity (Wildman–Crippen MR) is 294 cm³/mol. The zero-order valence-corrected chi connectivity index (χ0v) is 38.5. The number of rotatable bonds is 6. The molecule has 0 fully saturated rings. The highest BCUT2D eigenvalue weighted by Gasteiger charge is 2.25. The number of nitrogens with zero attached hydrogens (tertiary/aromatic N) is 2. The van der Waals surface area contributed by atoms with Gasteiger partial charge in [-0.2, -0.15) is 0 Å². The molecule has 13 rings (SSSR count). The van der Waals surface area contributed by atoms with Crippen LogP contribution in [-0.2, 0) is 6.42 Å². The Balaban J connectivity index is 0.000000806. The van der Waals surface area contributed by atoms with E-state index in [0.29, 0.717) is 0 Å². The van der Waals surface area contributed by atoms with Crippen LogP contribution >= 0.6 is 0 Å². The molecule has 0 unspecified atom stereocenters. The van der Waals surface area contributed by atoms with Gasteiger partial charge in [-0.25, -0.2) is 0 Å². The van der Waals surface area contributed by atoms with Gasteiger partial charge >= 0.3 is 0 Å². The number of nitrogen functional groups attached to an aromatic ring is 1. The number of fused-ring (bicyclic) bond motifs is 12. The average molecular weight is 874 g/mol. The molecule has 12 aromatic rings. The summed E-state index contributed by atoms with van der Waals surface area (Å²) in [6, 6.07) is 75.5. The molecule has 0 aliphatic heterocycles. The van der Waals surface area contributed by atoms with Crippen molar-refractivity contribution in [3.05, 3.63) is 254 Å². The van der Waals surface area contributed by atoms with Crippen molar-refractivity contribution in [2.24, 2.45) is 0 Å². The van der Waals surface area contributed by atoms with E-state index in [1.54, 1.807) is 12.2 Å². The first-order valence-corrected chi connectivity index (χ1v) is 23.6. The molecule has 0 atom stereocenters. The van der Waals surface area contributed by atoms with E-state index in [-0.39, 0.29) is 0 Å². The number of benzene rings is 10. The molecule has 3 nitrogen and oxygen atoms in total. The maximum absolute atomic E-state index is 6.57. The highest BCUT2D eigenvalue weighted by Crippen LogP contribution is 2.47. The van der Waals surface area contributed by atoms with Gasteiger partial charge in [0.25, 0.3) is 0 Å². The molecule has 0 radical (unpaired) electrons. The Morgan fingerprint density at radius 1 is 0.426 bits per heavy atom. The van der Waals surface area contributed by atoms with Crippen LogP contribution in [0.1, 0.15) is 30.5 Å². The standard InChI is InChI=1S/C59H39N3.C4H6.C2H6/c60-54-19-10-18-49-46-15-6-7-16-47(46)50(58(49)54)29-22-37-21-23-40-34-44(28-24-39(40)33-37)61-55-20-9-8-17-48(55)52-35-41(26-31-56(52)61)42-27-32-57-53(36-42)51-30-25-38-11-4-5-14-45(38)59(51)62(57)43-12-2-1-3-13-43;1-3-4-2;1-2/h1-21,23-36H,22,60H2;3-4H,1-2H2;1-2H3/b50-29-;;. The molecule has 0 bridgehead atoms. The summed E-state index contributed by atoms with van der Waals surface area (Å²) in [7, 11) is 0. The van der Waals surface area contributed by atoms with E-state index in [4.69, 9.17) is 5.73 Å². The van der Waals surface area contributed by atoms with Crippen LogP contribution in [0.3, 0.4) is 0 Å². The summed E-state index contributed by atoms with van der Waals surface area (Å²) in [5.74, 6) is 0. The minimum Gasteiger partial charge on any atom is -0.398 e. The summed E-state index contributed by atoms with van der Waals surface area (Å²) in [6.45, 7) is 10.7. The Morgan fingerprint density at radius 3 is 1.81 bits per heavy atom. The minimum absolute atomic E-state index is 0.823. The van der Waals surface area contributed by atoms with Crippen molar-refractivity contribution in [2.75, 3.05) is 5.73 Å². The quantitative estimate of drug-likeness (QED) is 0.131. The highest BCUT2D eigenvalue weighted by molar-refractivity contribution is 6.19. The zero-order valence-electron chi connectivity index (χ0n) is 38.5. The Kier molecular flexibility index (Phi) is 10.9. The molecule has 2 heterocycles. The Labute approximate surface area is 397 Å². The minimum atomic E-state index is 0.823. The van der Waals surface area contributed by atoms with E-state index in [1.807, 2.05) is 19.9 Å².